The van der Waals surface area contributed by atoms with Gasteiger partial charge in [0.05, 0.1) is 5.57 Å². The third kappa shape index (κ3) is 1.67. The largest absolute Gasteiger partial charge is 0.512 e. The fourth-order valence-electron chi connectivity index (χ4n) is 1.12. The molecule has 0 fully saturated rings. The summed E-state index contributed by atoms with van der Waals surface area (Å²) in [5.41, 5.74) is 0.388. The lowest BCUT2D eigenvalue weighted by Gasteiger charge is -2.10. The van der Waals surface area contributed by atoms with Gasteiger partial charge in [0.25, 0.3) is 0 Å². The van der Waals surface area contributed by atoms with E-state index < -0.39 is 0 Å². The van der Waals surface area contributed by atoms with E-state index in [1.165, 1.54) is 6.21 Å². The minimum atomic E-state index is -0.000602. The SMILES string of the molecule is CN=CC1=C(O)CCCC1=O. The van der Waals surface area contributed by atoms with Gasteiger partial charge in [0.2, 0.25) is 0 Å². The van der Waals surface area contributed by atoms with Crippen molar-refractivity contribution in [1.82, 2.24) is 0 Å². The second-order valence-electron chi connectivity index (χ2n) is 2.52. The Morgan fingerprint density at radius 2 is 2.27 bits per heavy atom. The zero-order valence-electron chi connectivity index (χ0n) is 6.50. The van der Waals surface area contributed by atoms with E-state index in [0.29, 0.717) is 18.4 Å². The molecule has 60 valence electrons. The molecule has 1 rings (SSSR count). The fraction of sp³-hybridized carbons (Fsp3) is 0.500. The van der Waals surface area contributed by atoms with Crippen LogP contribution in [-0.2, 0) is 4.79 Å². The fourth-order valence-corrected chi connectivity index (χ4v) is 1.12. The van der Waals surface area contributed by atoms with Gasteiger partial charge in [0.15, 0.2) is 5.78 Å². The van der Waals surface area contributed by atoms with Crippen molar-refractivity contribution in [2.24, 2.45) is 4.99 Å². The number of allylic oxidation sites excluding steroid dienone is 2. The molecule has 1 N–H and O–H groups in total. The highest BCUT2D eigenvalue weighted by atomic mass is 16.3. The van der Waals surface area contributed by atoms with E-state index in [0.717, 1.165) is 6.42 Å². The Morgan fingerprint density at radius 3 is 2.82 bits per heavy atom. The van der Waals surface area contributed by atoms with Crippen LogP contribution in [0.15, 0.2) is 16.3 Å². The van der Waals surface area contributed by atoms with Crippen molar-refractivity contribution in [1.29, 1.82) is 0 Å². The molecule has 3 nitrogen and oxygen atoms in total. The molecule has 0 unspecified atom stereocenters. The number of Topliss-reactive ketones (excluding diaryl/α,β-unsaturated/α-hetero) is 1. The topological polar surface area (TPSA) is 49.7 Å². The Kier molecular flexibility index (Phi) is 2.41. The van der Waals surface area contributed by atoms with E-state index in [4.69, 9.17) is 0 Å². The molecule has 0 spiro atoms. The van der Waals surface area contributed by atoms with E-state index in [1.807, 2.05) is 0 Å². The molecule has 0 saturated carbocycles. The Morgan fingerprint density at radius 1 is 1.55 bits per heavy atom. The third-order valence-electron chi connectivity index (χ3n) is 1.69. The number of rotatable bonds is 1. The molecule has 0 heterocycles. The van der Waals surface area contributed by atoms with Gasteiger partial charge in [0, 0.05) is 26.1 Å². The van der Waals surface area contributed by atoms with Crippen molar-refractivity contribution >= 4 is 12.0 Å². The molecular formula is C8H11NO2. The van der Waals surface area contributed by atoms with Gasteiger partial charge in [0.1, 0.15) is 5.76 Å². The Balaban J connectivity index is 2.91. The molecule has 0 aliphatic heterocycles. The molecule has 0 saturated heterocycles. The lowest BCUT2D eigenvalue weighted by Crippen LogP contribution is -2.12. The maximum Gasteiger partial charge on any atom is 0.167 e. The van der Waals surface area contributed by atoms with E-state index in [1.54, 1.807) is 7.05 Å². The van der Waals surface area contributed by atoms with E-state index in [2.05, 4.69) is 4.99 Å². The number of aliphatic imine (C=N–C) groups is 1. The lowest BCUT2D eigenvalue weighted by atomic mass is 9.97. The molecule has 0 radical (unpaired) electrons. The van der Waals surface area contributed by atoms with Crippen LogP contribution in [0.4, 0.5) is 0 Å². The van der Waals surface area contributed by atoms with Crippen molar-refractivity contribution in [3.63, 3.8) is 0 Å². The number of hydrogen-bond donors (Lipinski definition) is 1. The van der Waals surface area contributed by atoms with Crippen LogP contribution in [0, 0.1) is 0 Å². The molecule has 1 aliphatic carbocycles. The van der Waals surface area contributed by atoms with Crippen molar-refractivity contribution in [3.8, 4) is 0 Å². The van der Waals surface area contributed by atoms with Crippen LogP contribution in [0.5, 0.6) is 0 Å². The molecule has 0 atom stereocenters. The molecule has 0 aromatic carbocycles. The van der Waals surface area contributed by atoms with E-state index in [9.17, 15) is 9.90 Å². The minimum absolute atomic E-state index is 0.000602. The summed E-state index contributed by atoms with van der Waals surface area (Å²) in [4.78, 5) is 14.8. The standard InChI is InChI=1S/C8H11NO2/c1-9-5-6-7(10)3-2-4-8(6)11/h5,10H,2-4H2,1H3. The van der Waals surface area contributed by atoms with Gasteiger partial charge < -0.3 is 5.11 Å². The predicted octanol–water partition coefficient (Wildman–Crippen LogP) is 1.25. The maximum atomic E-state index is 11.1. The Labute approximate surface area is 65.4 Å². The number of aliphatic hydroxyl groups excluding tert-OH is 1. The molecule has 11 heavy (non-hydrogen) atoms. The monoisotopic (exact) mass is 153 g/mol. The first-order chi connectivity index (χ1) is 5.25. The third-order valence-corrected chi connectivity index (χ3v) is 1.69. The smallest absolute Gasteiger partial charge is 0.167 e. The molecule has 3 heteroatoms. The zero-order chi connectivity index (χ0) is 8.27. The van der Waals surface area contributed by atoms with Crippen molar-refractivity contribution in [3.05, 3.63) is 11.3 Å². The number of carbonyl (C=O) groups is 1. The van der Waals surface area contributed by atoms with Crippen LogP contribution in [-0.4, -0.2) is 24.2 Å². The first kappa shape index (κ1) is 7.98. The van der Waals surface area contributed by atoms with Gasteiger partial charge in [-0.25, -0.2) is 0 Å². The van der Waals surface area contributed by atoms with Crippen molar-refractivity contribution in [2.45, 2.75) is 19.3 Å². The highest BCUT2D eigenvalue weighted by molar-refractivity contribution is 6.14. The van der Waals surface area contributed by atoms with Gasteiger partial charge in [-0.05, 0) is 6.42 Å². The van der Waals surface area contributed by atoms with Gasteiger partial charge in [-0.15, -0.1) is 0 Å². The summed E-state index contributed by atoms with van der Waals surface area (Å²) in [5, 5.41) is 9.24. The van der Waals surface area contributed by atoms with Gasteiger partial charge in [-0.3, -0.25) is 9.79 Å². The van der Waals surface area contributed by atoms with Gasteiger partial charge in [-0.2, -0.15) is 0 Å². The summed E-state index contributed by atoms with van der Waals surface area (Å²) in [5.74, 6) is 0.186. The maximum absolute atomic E-state index is 11.1. The molecule has 0 aromatic rings. The summed E-state index contributed by atoms with van der Waals surface area (Å²) in [6.45, 7) is 0. The Bertz CT molecular complexity index is 228. The number of carbonyl (C=O) groups excluding carboxylic acids is 1. The molecule has 0 amide bonds. The van der Waals surface area contributed by atoms with Crippen LogP contribution in [0.2, 0.25) is 0 Å². The van der Waals surface area contributed by atoms with Gasteiger partial charge >= 0.3 is 0 Å². The number of aliphatic hydroxyl groups is 1. The molecule has 0 aromatic heterocycles. The second-order valence-corrected chi connectivity index (χ2v) is 2.52. The summed E-state index contributed by atoms with van der Waals surface area (Å²) in [6.07, 6.45) is 3.32. The molecule has 1 aliphatic rings. The summed E-state index contributed by atoms with van der Waals surface area (Å²) in [6, 6.07) is 0. The zero-order valence-corrected chi connectivity index (χ0v) is 6.50. The number of nitrogens with zero attached hydrogens (tertiary/aromatic N) is 1. The highest BCUT2D eigenvalue weighted by Gasteiger charge is 2.17. The van der Waals surface area contributed by atoms with E-state index in [-0.39, 0.29) is 11.5 Å². The molecular weight excluding hydrogens is 142 g/mol. The van der Waals surface area contributed by atoms with Crippen LogP contribution >= 0.6 is 0 Å². The molecule has 0 bridgehead atoms. The van der Waals surface area contributed by atoms with E-state index >= 15 is 0 Å². The predicted molar refractivity (Wildman–Crippen MR) is 42.9 cm³/mol. The van der Waals surface area contributed by atoms with Crippen molar-refractivity contribution < 1.29 is 9.90 Å². The lowest BCUT2D eigenvalue weighted by molar-refractivity contribution is -0.115. The highest BCUT2D eigenvalue weighted by Crippen LogP contribution is 2.18. The first-order valence-electron chi connectivity index (χ1n) is 3.63. The second kappa shape index (κ2) is 3.32. The van der Waals surface area contributed by atoms with Crippen LogP contribution in [0.25, 0.3) is 0 Å². The van der Waals surface area contributed by atoms with Crippen LogP contribution in [0.1, 0.15) is 19.3 Å². The minimum Gasteiger partial charge on any atom is -0.512 e. The average molecular weight is 153 g/mol. The summed E-state index contributed by atoms with van der Waals surface area (Å²) >= 11 is 0. The summed E-state index contributed by atoms with van der Waals surface area (Å²) < 4.78 is 0. The van der Waals surface area contributed by atoms with Crippen molar-refractivity contribution in [2.75, 3.05) is 7.05 Å². The number of ketones is 1. The Hall–Kier alpha value is -1.12. The van der Waals surface area contributed by atoms with Crippen LogP contribution in [0.3, 0.4) is 0 Å². The quantitative estimate of drug-likeness (QED) is 0.576. The number of hydrogen-bond acceptors (Lipinski definition) is 3. The van der Waals surface area contributed by atoms with Gasteiger partial charge in [-0.1, -0.05) is 0 Å². The first-order valence-corrected chi connectivity index (χ1v) is 3.63. The normalized spacial score (nSPS) is 19.9. The average Bonchev–Trinajstić information content (AvgIpc) is 1.97. The summed E-state index contributed by atoms with van der Waals surface area (Å²) in [7, 11) is 1.59. The van der Waals surface area contributed by atoms with Crippen LogP contribution < -0.4 is 0 Å².